The summed E-state index contributed by atoms with van der Waals surface area (Å²) in [6.07, 6.45) is 1.03. The highest BCUT2D eigenvalue weighted by molar-refractivity contribution is 5.74. The van der Waals surface area contributed by atoms with Gasteiger partial charge in [-0.2, -0.15) is 0 Å². The molecule has 1 heterocycles. The van der Waals surface area contributed by atoms with Gasteiger partial charge in [-0.1, -0.05) is 0 Å². The van der Waals surface area contributed by atoms with E-state index in [0.717, 1.165) is 0 Å². The van der Waals surface area contributed by atoms with Crippen molar-refractivity contribution in [2.24, 2.45) is 0 Å². The van der Waals surface area contributed by atoms with Crippen molar-refractivity contribution in [3.8, 4) is 0 Å². The van der Waals surface area contributed by atoms with E-state index in [0.29, 0.717) is 58.6 Å². The molecule has 0 aromatic heterocycles. The molecule has 1 aliphatic heterocycles. The van der Waals surface area contributed by atoms with Crippen LogP contribution in [0.25, 0.3) is 0 Å². The van der Waals surface area contributed by atoms with Crippen LogP contribution in [0.5, 0.6) is 0 Å². The van der Waals surface area contributed by atoms with Crippen LogP contribution in [0.2, 0.25) is 0 Å². The number of nitrogens with zero attached hydrogens (tertiary/aromatic N) is 3. The Morgan fingerprint density at radius 2 is 1.39 bits per heavy atom. The van der Waals surface area contributed by atoms with Gasteiger partial charge in [-0.15, -0.1) is 0 Å². The first-order chi connectivity index (χ1) is 13.3. The summed E-state index contributed by atoms with van der Waals surface area (Å²) in [5, 5.41) is 30.9. The number of carbonyl (C=O) groups is 4. The van der Waals surface area contributed by atoms with Crippen molar-refractivity contribution in [3.05, 3.63) is 0 Å². The van der Waals surface area contributed by atoms with Gasteiger partial charge in [0.2, 0.25) is 0 Å². The molecule has 1 fully saturated rings. The highest BCUT2D eigenvalue weighted by Gasteiger charge is 2.26. The third-order valence-electron chi connectivity index (χ3n) is 4.62. The van der Waals surface area contributed by atoms with Crippen LogP contribution in [0.3, 0.4) is 0 Å². The summed E-state index contributed by atoms with van der Waals surface area (Å²) in [4.78, 5) is 49.6. The molecule has 0 bridgehead atoms. The summed E-state index contributed by atoms with van der Waals surface area (Å²) in [5.74, 6) is -2.95. The molecule has 0 amide bonds. The SMILES string of the molecule is O=CCCC(C(=O)O)N1CCNCCN(CC(=O)O)CCN(CC(=O)O)CC1. The lowest BCUT2D eigenvalue weighted by atomic mass is 10.1. The van der Waals surface area contributed by atoms with Gasteiger partial charge in [-0.25, -0.2) is 0 Å². The molecular weight excluding hydrogens is 372 g/mol. The zero-order valence-electron chi connectivity index (χ0n) is 16.0. The first kappa shape index (κ1) is 24.0. The number of hydrogen-bond acceptors (Lipinski definition) is 8. The molecule has 1 atom stereocenters. The molecule has 1 rings (SSSR count). The molecule has 0 radical (unpaired) electrons. The average Bonchev–Trinajstić information content (AvgIpc) is 2.60. The van der Waals surface area contributed by atoms with Crippen LogP contribution in [0.15, 0.2) is 0 Å². The van der Waals surface area contributed by atoms with Crippen molar-refractivity contribution in [2.45, 2.75) is 18.9 Å². The van der Waals surface area contributed by atoms with E-state index in [4.69, 9.17) is 10.2 Å². The van der Waals surface area contributed by atoms with Gasteiger partial charge in [-0.3, -0.25) is 29.1 Å². The van der Waals surface area contributed by atoms with E-state index in [1.807, 2.05) is 0 Å². The maximum Gasteiger partial charge on any atom is 0.320 e. The van der Waals surface area contributed by atoms with E-state index in [9.17, 15) is 24.3 Å². The number of nitrogens with one attached hydrogen (secondary N) is 1. The predicted molar refractivity (Wildman–Crippen MR) is 99.3 cm³/mol. The molecular formula is C17H30N4O7. The normalized spacial score (nSPS) is 19.9. The van der Waals surface area contributed by atoms with Crippen molar-refractivity contribution in [3.63, 3.8) is 0 Å². The first-order valence-electron chi connectivity index (χ1n) is 9.33. The summed E-state index contributed by atoms with van der Waals surface area (Å²) in [7, 11) is 0. The molecule has 11 nitrogen and oxygen atoms in total. The number of carbonyl (C=O) groups excluding carboxylic acids is 1. The maximum absolute atomic E-state index is 11.6. The summed E-state index contributed by atoms with van der Waals surface area (Å²) >= 11 is 0. The maximum atomic E-state index is 11.6. The number of rotatable bonds is 9. The largest absolute Gasteiger partial charge is 0.480 e. The molecule has 0 saturated carbocycles. The predicted octanol–water partition coefficient (Wildman–Crippen LogP) is -1.90. The van der Waals surface area contributed by atoms with Crippen LogP contribution < -0.4 is 5.32 Å². The minimum atomic E-state index is -1.01. The van der Waals surface area contributed by atoms with Gasteiger partial charge in [-0.05, 0) is 6.42 Å². The second-order valence-corrected chi connectivity index (χ2v) is 6.72. The molecule has 1 saturated heterocycles. The highest BCUT2D eigenvalue weighted by Crippen LogP contribution is 2.08. The summed E-state index contributed by atoms with van der Waals surface area (Å²) < 4.78 is 0. The number of carboxylic acid groups (broad SMARTS) is 3. The number of aliphatic carboxylic acids is 3. The zero-order valence-corrected chi connectivity index (χ0v) is 16.0. The average molecular weight is 402 g/mol. The van der Waals surface area contributed by atoms with Crippen molar-refractivity contribution >= 4 is 24.2 Å². The van der Waals surface area contributed by atoms with E-state index in [1.165, 1.54) is 0 Å². The van der Waals surface area contributed by atoms with Gasteiger partial charge >= 0.3 is 17.9 Å². The topological polar surface area (TPSA) is 151 Å². The smallest absolute Gasteiger partial charge is 0.320 e. The first-order valence-corrected chi connectivity index (χ1v) is 9.33. The molecule has 1 aliphatic rings. The van der Waals surface area contributed by atoms with Crippen molar-refractivity contribution < 1.29 is 34.5 Å². The minimum Gasteiger partial charge on any atom is -0.480 e. The van der Waals surface area contributed by atoms with Crippen LogP contribution >= 0.6 is 0 Å². The van der Waals surface area contributed by atoms with Crippen molar-refractivity contribution in [2.75, 3.05) is 65.4 Å². The quantitative estimate of drug-likeness (QED) is 0.320. The molecule has 0 aliphatic carbocycles. The van der Waals surface area contributed by atoms with E-state index in [2.05, 4.69) is 5.32 Å². The molecule has 0 aromatic rings. The highest BCUT2D eigenvalue weighted by atomic mass is 16.4. The lowest BCUT2D eigenvalue weighted by Gasteiger charge is -2.33. The van der Waals surface area contributed by atoms with Gasteiger partial charge in [0.05, 0.1) is 13.1 Å². The van der Waals surface area contributed by atoms with Crippen LogP contribution in [0.4, 0.5) is 0 Å². The van der Waals surface area contributed by atoms with Gasteiger partial charge in [0.15, 0.2) is 0 Å². The fraction of sp³-hybridized carbons (Fsp3) is 0.765. The summed E-state index contributed by atoms with van der Waals surface area (Å²) in [6.45, 7) is 3.05. The Bertz CT molecular complexity index is 532. The lowest BCUT2D eigenvalue weighted by Crippen LogP contribution is -2.50. The minimum absolute atomic E-state index is 0.124. The van der Waals surface area contributed by atoms with Gasteiger partial charge in [0, 0.05) is 58.8 Å². The van der Waals surface area contributed by atoms with Gasteiger partial charge in [0.25, 0.3) is 0 Å². The number of hydrogen-bond donors (Lipinski definition) is 4. The summed E-state index contributed by atoms with van der Waals surface area (Å²) in [6, 6.07) is -0.815. The Kier molecular flexibility index (Phi) is 11.3. The number of aldehydes is 1. The van der Waals surface area contributed by atoms with Crippen LogP contribution in [-0.4, -0.2) is 126 Å². The number of carboxylic acids is 3. The molecule has 160 valence electrons. The second-order valence-electron chi connectivity index (χ2n) is 6.72. The Morgan fingerprint density at radius 1 is 0.857 bits per heavy atom. The van der Waals surface area contributed by atoms with Crippen molar-refractivity contribution in [1.82, 2.24) is 20.0 Å². The Balaban J connectivity index is 2.85. The fourth-order valence-corrected chi connectivity index (χ4v) is 3.17. The zero-order chi connectivity index (χ0) is 20.9. The molecule has 0 aromatic carbocycles. The standard InChI is InChI=1S/C17H30N4O7/c22-11-1-2-14(17(27)28)21-6-4-18-3-5-19(12-15(23)24)7-8-20(9-10-21)13-16(25)26/h11,14,18H,1-10,12-13H2,(H,23,24)(H,25,26)(H,27,28). The third kappa shape index (κ3) is 9.74. The van der Waals surface area contributed by atoms with Crippen LogP contribution in [0.1, 0.15) is 12.8 Å². The Labute approximate surface area is 163 Å². The summed E-state index contributed by atoms with van der Waals surface area (Å²) in [5.41, 5.74) is 0. The van der Waals surface area contributed by atoms with Gasteiger partial charge in [0.1, 0.15) is 12.3 Å². The monoisotopic (exact) mass is 402 g/mol. The van der Waals surface area contributed by atoms with E-state index in [1.54, 1.807) is 14.7 Å². The Morgan fingerprint density at radius 3 is 1.93 bits per heavy atom. The lowest BCUT2D eigenvalue weighted by molar-refractivity contribution is -0.144. The van der Waals surface area contributed by atoms with Crippen LogP contribution in [-0.2, 0) is 19.2 Å². The molecule has 0 spiro atoms. The molecule has 4 N–H and O–H groups in total. The third-order valence-corrected chi connectivity index (χ3v) is 4.62. The second kappa shape index (κ2) is 13.2. The van der Waals surface area contributed by atoms with Crippen LogP contribution in [0, 0.1) is 0 Å². The molecule has 1 unspecified atom stereocenters. The van der Waals surface area contributed by atoms with Crippen molar-refractivity contribution in [1.29, 1.82) is 0 Å². The van der Waals surface area contributed by atoms with E-state index < -0.39 is 23.9 Å². The van der Waals surface area contributed by atoms with E-state index in [-0.39, 0.29) is 25.9 Å². The Hall–Kier alpha value is -2.08. The van der Waals surface area contributed by atoms with E-state index >= 15 is 0 Å². The molecule has 11 heteroatoms. The van der Waals surface area contributed by atoms with Gasteiger partial charge < -0.3 is 25.4 Å². The fourth-order valence-electron chi connectivity index (χ4n) is 3.17. The molecule has 28 heavy (non-hydrogen) atoms.